The topological polar surface area (TPSA) is 98.3 Å². The summed E-state index contributed by atoms with van der Waals surface area (Å²) >= 11 is 0. The molecule has 1 heterocycles. The van der Waals surface area contributed by atoms with Crippen LogP contribution in [-0.4, -0.2) is 17.0 Å². The summed E-state index contributed by atoms with van der Waals surface area (Å²) in [6.45, 7) is 1.75. The molecule has 0 radical (unpaired) electrons. The van der Waals surface area contributed by atoms with Gasteiger partial charge in [0.2, 0.25) is 5.88 Å². The molecular formula is C14H11N3O4. The molecule has 7 heteroatoms. The van der Waals surface area contributed by atoms with Crippen LogP contribution in [0.15, 0.2) is 30.5 Å². The minimum absolute atomic E-state index is 0.108. The van der Waals surface area contributed by atoms with E-state index in [1.54, 1.807) is 13.0 Å². The number of hydrogen-bond donors (Lipinski definition) is 0. The summed E-state index contributed by atoms with van der Waals surface area (Å²) in [5, 5.41) is 20.1. The number of nitro benzene ring substituents is 1. The average Bonchev–Trinajstić information content (AvgIpc) is 2.47. The largest absolute Gasteiger partial charge is 0.490 e. The summed E-state index contributed by atoms with van der Waals surface area (Å²) < 4.78 is 10.4. The van der Waals surface area contributed by atoms with Crippen molar-refractivity contribution in [1.82, 2.24) is 4.98 Å². The van der Waals surface area contributed by atoms with Gasteiger partial charge in [0.1, 0.15) is 17.4 Å². The lowest BCUT2D eigenvalue weighted by Crippen LogP contribution is -1.97. The number of nitriles is 1. The highest BCUT2D eigenvalue weighted by atomic mass is 16.6. The zero-order valence-electron chi connectivity index (χ0n) is 11.4. The van der Waals surface area contributed by atoms with Gasteiger partial charge < -0.3 is 9.47 Å². The highest BCUT2D eigenvalue weighted by Crippen LogP contribution is 2.33. The van der Waals surface area contributed by atoms with E-state index < -0.39 is 4.92 Å². The van der Waals surface area contributed by atoms with Crippen molar-refractivity contribution < 1.29 is 14.4 Å². The fourth-order valence-electron chi connectivity index (χ4n) is 1.73. The summed E-state index contributed by atoms with van der Waals surface area (Å²) in [5.74, 6) is 0.444. The number of nitro groups is 1. The van der Waals surface area contributed by atoms with Crippen LogP contribution >= 0.6 is 0 Å². The molecule has 21 heavy (non-hydrogen) atoms. The van der Waals surface area contributed by atoms with Gasteiger partial charge in [-0.3, -0.25) is 10.1 Å². The molecule has 0 atom stereocenters. The zero-order valence-corrected chi connectivity index (χ0v) is 11.4. The number of methoxy groups -OCH3 is 1. The number of aryl methyl sites for hydroxylation is 1. The molecule has 106 valence electrons. The molecule has 2 rings (SSSR count). The maximum Gasteiger partial charge on any atom is 0.314 e. The van der Waals surface area contributed by atoms with Crippen LogP contribution in [0.25, 0.3) is 0 Å². The SMILES string of the molecule is COc1ccc(Oc2nccc(C)c2C#N)cc1[N+](=O)[O-]. The van der Waals surface area contributed by atoms with Crippen LogP contribution in [0.4, 0.5) is 5.69 Å². The molecule has 0 saturated heterocycles. The van der Waals surface area contributed by atoms with Crippen molar-refractivity contribution in [2.24, 2.45) is 0 Å². The average molecular weight is 285 g/mol. The van der Waals surface area contributed by atoms with Crippen LogP contribution in [0.3, 0.4) is 0 Å². The second-order valence-corrected chi connectivity index (χ2v) is 4.11. The lowest BCUT2D eigenvalue weighted by Gasteiger charge is -2.08. The van der Waals surface area contributed by atoms with E-state index in [0.717, 1.165) is 0 Å². The number of aromatic nitrogens is 1. The van der Waals surface area contributed by atoms with Gasteiger partial charge in [0.15, 0.2) is 5.75 Å². The summed E-state index contributed by atoms with van der Waals surface area (Å²) in [7, 11) is 1.35. The van der Waals surface area contributed by atoms with Crippen molar-refractivity contribution in [3.63, 3.8) is 0 Å². The molecule has 0 aliphatic rings. The lowest BCUT2D eigenvalue weighted by atomic mass is 10.2. The molecule has 0 bridgehead atoms. The molecule has 0 N–H and O–H groups in total. The van der Waals surface area contributed by atoms with Crippen LogP contribution in [0, 0.1) is 28.4 Å². The molecule has 1 aromatic heterocycles. The predicted octanol–water partition coefficient (Wildman–Crippen LogP) is 2.97. The Morgan fingerprint density at radius 1 is 1.38 bits per heavy atom. The Morgan fingerprint density at radius 2 is 2.14 bits per heavy atom. The van der Waals surface area contributed by atoms with Crippen LogP contribution in [0.2, 0.25) is 0 Å². The zero-order chi connectivity index (χ0) is 15.4. The molecule has 0 amide bonds. The first-order valence-electron chi connectivity index (χ1n) is 5.92. The van der Waals surface area contributed by atoms with Gasteiger partial charge in [0.05, 0.1) is 18.1 Å². The van der Waals surface area contributed by atoms with Crippen molar-refractivity contribution in [1.29, 1.82) is 5.26 Å². The standard InChI is InChI=1S/C14H11N3O4/c1-9-5-6-16-14(11(9)8-15)21-10-3-4-13(20-2)12(7-10)17(18)19/h3-7H,1-2H3. The summed E-state index contributed by atoms with van der Waals surface area (Å²) in [5.41, 5.74) is 0.780. The highest BCUT2D eigenvalue weighted by Gasteiger charge is 2.17. The summed E-state index contributed by atoms with van der Waals surface area (Å²) in [4.78, 5) is 14.4. The second kappa shape index (κ2) is 5.88. The molecule has 0 unspecified atom stereocenters. The van der Waals surface area contributed by atoms with Gasteiger partial charge in [-0.15, -0.1) is 0 Å². The molecule has 1 aromatic carbocycles. The van der Waals surface area contributed by atoms with E-state index in [9.17, 15) is 10.1 Å². The van der Waals surface area contributed by atoms with Gasteiger partial charge in [0.25, 0.3) is 0 Å². The van der Waals surface area contributed by atoms with Crippen molar-refractivity contribution in [2.45, 2.75) is 6.92 Å². The van der Waals surface area contributed by atoms with Gasteiger partial charge in [0, 0.05) is 6.20 Å². The molecule has 2 aromatic rings. The first-order chi connectivity index (χ1) is 10.1. The number of nitrogens with zero attached hydrogens (tertiary/aromatic N) is 3. The fraction of sp³-hybridized carbons (Fsp3) is 0.143. The first-order valence-corrected chi connectivity index (χ1v) is 5.92. The van der Waals surface area contributed by atoms with Gasteiger partial charge in [-0.1, -0.05) is 0 Å². The first kappa shape index (κ1) is 14.3. The molecule has 0 spiro atoms. The lowest BCUT2D eigenvalue weighted by molar-refractivity contribution is -0.385. The Morgan fingerprint density at radius 3 is 2.76 bits per heavy atom. The third-order valence-corrected chi connectivity index (χ3v) is 2.80. The van der Waals surface area contributed by atoms with E-state index in [4.69, 9.17) is 14.7 Å². The normalized spacial score (nSPS) is 9.76. The minimum Gasteiger partial charge on any atom is -0.490 e. The van der Waals surface area contributed by atoms with E-state index in [1.165, 1.54) is 31.5 Å². The van der Waals surface area contributed by atoms with Crippen molar-refractivity contribution >= 4 is 5.69 Å². The molecule has 7 nitrogen and oxygen atoms in total. The number of pyridine rings is 1. The smallest absolute Gasteiger partial charge is 0.314 e. The minimum atomic E-state index is -0.569. The van der Waals surface area contributed by atoms with E-state index in [1.807, 2.05) is 6.07 Å². The molecule has 0 fully saturated rings. The maximum absolute atomic E-state index is 11.0. The van der Waals surface area contributed by atoms with E-state index in [0.29, 0.717) is 5.56 Å². The van der Waals surface area contributed by atoms with Crippen molar-refractivity contribution in [3.05, 3.63) is 51.7 Å². The van der Waals surface area contributed by atoms with Gasteiger partial charge in [-0.25, -0.2) is 4.98 Å². The van der Waals surface area contributed by atoms with Gasteiger partial charge in [-0.2, -0.15) is 5.26 Å². The third kappa shape index (κ3) is 2.90. The Balaban J connectivity index is 2.42. The summed E-state index contributed by atoms with van der Waals surface area (Å²) in [6.07, 6.45) is 1.50. The Hall–Kier alpha value is -3.14. The predicted molar refractivity (Wildman–Crippen MR) is 73.4 cm³/mol. The fourth-order valence-corrected chi connectivity index (χ4v) is 1.73. The van der Waals surface area contributed by atoms with E-state index >= 15 is 0 Å². The molecule has 0 saturated carbocycles. The monoisotopic (exact) mass is 285 g/mol. The number of benzene rings is 1. The second-order valence-electron chi connectivity index (χ2n) is 4.11. The highest BCUT2D eigenvalue weighted by molar-refractivity contribution is 5.52. The number of hydrogen-bond acceptors (Lipinski definition) is 6. The van der Waals surface area contributed by atoms with Gasteiger partial charge >= 0.3 is 5.69 Å². The molecular weight excluding hydrogens is 274 g/mol. The van der Waals surface area contributed by atoms with Crippen molar-refractivity contribution in [3.8, 4) is 23.4 Å². The Labute approximate surface area is 120 Å². The van der Waals surface area contributed by atoms with E-state index in [2.05, 4.69) is 4.98 Å². The third-order valence-electron chi connectivity index (χ3n) is 2.80. The maximum atomic E-state index is 11.0. The van der Waals surface area contributed by atoms with Crippen LogP contribution in [-0.2, 0) is 0 Å². The Bertz CT molecular complexity index is 737. The van der Waals surface area contributed by atoms with Crippen LogP contribution in [0.1, 0.15) is 11.1 Å². The Kier molecular flexibility index (Phi) is 4.00. The molecule has 0 aliphatic carbocycles. The van der Waals surface area contributed by atoms with Crippen molar-refractivity contribution in [2.75, 3.05) is 7.11 Å². The van der Waals surface area contributed by atoms with Gasteiger partial charge in [-0.05, 0) is 30.7 Å². The summed E-state index contributed by atoms with van der Waals surface area (Å²) in [6, 6.07) is 7.84. The van der Waals surface area contributed by atoms with Crippen LogP contribution < -0.4 is 9.47 Å². The van der Waals surface area contributed by atoms with E-state index in [-0.39, 0.29) is 28.6 Å². The molecule has 0 aliphatic heterocycles. The number of rotatable bonds is 4. The number of ether oxygens (including phenoxy) is 2. The van der Waals surface area contributed by atoms with Crippen LogP contribution in [0.5, 0.6) is 17.4 Å². The quantitative estimate of drug-likeness (QED) is 0.632.